The number of imidazole rings is 1. The molecule has 1 aromatic carbocycles. The maximum absolute atomic E-state index is 11.7. The molecule has 0 aliphatic rings. The highest BCUT2D eigenvalue weighted by atomic mass is 35.5. The molecule has 0 radical (unpaired) electrons. The summed E-state index contributed by atoms with van der Waals surface area (Å²) in [6, 6.07) is 5.52. The fourth-order valence-corrected chi connectivity index (χ4v) is 3.08. The normalized spacial score (nSPS) is 13.5. The maximum Gasteiger partial charge on any atom is 0.151 e. The molecule has 1 aromatic heterocycles. The van der Waals surface area contributed by atoms with E-state index < -0.39 is 9.84 Å². The van der Waals surface area contributed by atoms with E-state index in [-0.39, 0.29) is 16.9 Å². The Labute approximate surface area is 129 Å². The van der Waals surface area contributed by atoms with Crippen molar-refractivity contribution in [2.45, 2.75) is 25.8 Å². The van der Waals surface area contributed by atoms with Crippen LogP contribution in [0.15, 0.2) is 18.2 Å². The van der Waals surface area contributed by atoms with Crippen molar-refractivity contribution in [2.75, 3.05) is 18.6 Å². The van der Waals surface area contributed by atoms with Crippen LogP contribution >= 0.6 is 11.6 Å². The minimum atomic E-state index is -3.05. The average Bonchev–Trinajstić information content (AvgIpc) is 2.83. The fraction of sp³-hybridized carbons (Fsp3) is 0.500. The minimum absolute atomic E-state index is 0.0722. The van der Waals surface area contributed by atoms with Gasteiger partial charge in [0.05, 0.1) is 29.3 Å². The number of fused-ring (bicyclic) bond motifs is 1. The molecule has 116 valence electrons. The minimum Gasteiger partial charge on any atom is -0.497 e. The summed E-state index contributed by atoms with van der Waals surface area (Å²) in [6.45, 7) is 3.81. The highest BCUT2D eigenvalue weighted by Crippen LogP contribution is 2.27. The van der Waals surface area contributed by atoms with Crippen molar-refractivity contribution >= 4 is 32.5 Å². The zero-order chi connectivity index (χ0) is 15.6. The summed E-state index contributed by atoms with van der Waals surface area (Å²) in [7, 11) is -1.45. The van der Waals surface area contributed by atoms with Crippen LogP contribution in [-0.2, 0) is 16.4 Å². The van der Waals surface area contributed by atoms with E-state index in [9.17, 15) is 8.42 Å². The number of sulfone groups is 1. The molecular formula is C14H19ClN2O3S. The number of halogens is 1. The van der Waals surface area contributed by atoms with Gasteiger partial charge in [-0.1, -0.05) is 6.92 Å². The third-order valence-electron chi connectivity index (χ3n) is 3.41. The second-order valence-corrected chi connectivity index (χ2v) is 7.96. The van der Waals surface area contributed by atoms with E-state index in [4.69, 9.17) is 16.3 Å². The maximum atomic E-state index is 11.7. The summed E-state index contributed by atoms with van der Waals surface area (Å²) >= 11 is 6.17. The van der Waals surface area contributed by atoms with Gasteiger partial charge in [0.2, 0.25) is 0 Å². The van der Waals surface area contributed by atoms with Crippen LogP contribution in [0.25, 0.3) is 11.0 Å². The Morgan fingerprint density at radius 2 is 2.14 bits per heavy atom. The molecule has 0 N–H and O–H groups in total. The zero-order valence-corrected chi connectivity index (χ0v) is 13.9. The average molecular weight is 331 g/mol. The molecule has 0 saturated heterocycles. The SMILES string of the molecule is CCS(=O)(=O)CCn1c(C(C)Cl)nc2ccc(OC)cc21. The zero-order valence-electron chi connectivity index (χ0n) is 12.3. The Kier molecular flexibility index (Phi) is 4.78. The van der Waals surface area contributed by atoms with E-state index in [1.807, 2.05) is 29.7 Å². The summed E-state index contributed by atoms with van der Waals surface area (Å²) in [5, 5.41) is -0.298. The van der Waals surface area contributed by atoms with E-state index in [1.54, 1.807) is 14.0 Å². The molecule has 7 heteroatoms. The highest BCUT2D eigenvalue weighted by Gasteiger charge is 2.17. The van der Waals surface area contributed by atoms with Crippen molar-refractivity contribution in [3.8, 4) is 5.75 Å². The molecule has 2 rings (SSSR count). The first-order valence-electron chi connectivity index (χ1n) is 6.76. The third-order valence-corrected chi connectivity index (χ3v) is 5.29. The van der Waals surface area contributed by atoms with Gasteiger partial charge < -0.3 is 9.30 Å². The Morgan fingerprint density at radius 1 is 1.43 bits per heavy atom. The first-order valence-corrected chi connectivity index (χ1v) is 9.02. The molecule has 0 bridgehead atoms. The van der Waals surface area contributed by atoms with Crippen molar-refractivity contribution in [3.63, 3.8) is 0 Å². The van der Waals surface area contributed by atoms with Gasteiger partial charge in [0.25, 0.3) is 0 Å². The number of nitrogens with zero attached hydrogens (tertiary/aromatic N) is 2. The van der Waals surface area contributed by atoms with Crippen molar-refractivity contribution in [2.24, 2.45) is 0 Å². The lowest BCUT2D eigenvalue weighted by molar-refractivity contribution is 0.415. The Bertz CT molecular complexity index is 738. The van der Waals surface area contributed by atoms with E-state index >= 15 is 0 Å². The summed E-state index contributed by atoms with van der Waals surface area (Å²) in [6.07, 6.45) is 0. The monoisotopic (exact) mass is 330 g/mol. The van der Waals surface area contributed by atoms with E-state index in [2.05, 4.69) is 4.98 Å². The largest absolute Gasteiger partial charge is 0.497 e. The molecular weight excluding hydrogens is 312 g/mol. The molecule has 21 heavy (non-hydrogen) atoms. The van der Waals surface area contributed by atoms with Gasteiger partial charge >= 0.3 is 0 Å². The lowest BCUT2D eigenvalue weighted by Gasteiger charge is -2.11. The van der Waals surface area contributed by atoms with Gasteiger partial charge in [-0.15, -0.1) is 11.6 Å². The molecule has 5 nitrogen and oxygen atoms in total. The number of aromatic nitrogens is 2. The van der Waals surface area contributed by atoms with Gasteiger partial charge in [0, 0.05) is 18.4 Å². The topological polar surface area (TPSA) is 61.2 Å². The number of aryl methyl sites for hydroxylation is 1. The first kappa shape index (κ1) is 16.1. The fourth-order valence-electron chi connectivity index (χ4n) is 2.16. The molecule has 0 saturated carbocycles. The molecule has 1 unspecified atom stereocenters. The predicted molar refractivity (Wildman–Crippen MR) is 84.9 cm³/mol. The number of ether oxygens (including phenoxy) is 1. The first-order chi connectivity index (χ1) is 9.88. The van der Waals surface area contributed by atoms with Crippen LogP contribution in [0, 0.1) is 0 Å². The Morgan fingerprint density at radius 3 is 2.71 bits per heavy atom. The highest BCUT2D eigenvalue weighted by molar-refractivity contribution is 7.91. The van der Waals surface area contributed by atoms with Crippen LogP contribution in [0.2, 0.25) is 0 Å². The molecule has 0 spiro atoms. The molecule has 2 aromatic rings. The van der Waals surface area contributed by atoms with Crippen LogP contribution in [-0.4, -0.2) is 36.6 Å². The number of hydrogen-bond donors (Lipinski definition) is 0. The quantitative estimate of drug-likeness (QED) is 0.764. The third kappa shape index (κ3) is 3.49. The molecule has 0 aliphatic carbocycles. The molecule has 1 atom stereocenters. The van der Waals surface area contributed by atoms with Crippen molar-refractivity contribution in [1.82, 2.24) is 9.55 Å². The van der Waals surface area contributed by atoms with Crippen molar-refractivity contribution in [3.05, 3.63) is 24.0 Å². The van der Waals surface area contributed by atoms with Gasteiger partial charge in [-0.3, -0.25) is 0 Å². The van der Waals surface area contributed by atoms with E-state index in [0.717, 1.165) is 11.0 Å². The number of hydrogen-bond acceptors (Lipinski definition) is 4. The number of benzene rings is 1. The Hall–Kier alpha value is -1.27. The summed E-state index contributed by atoms with van der Waals surface area (Å²) in [4.78, 5) is 4.49. The summed E-state index contributed by atoms with van der Waals surface area (Å²) in [5.74, 6) is 1.58. The lowest BCUT2D eigenvalue weighted by Crippen LogP contribution is -2.16. The summed E-state index contributed by atoms with van der Waals surface area (Å²) in [5.41, 5.74) is 1.62. The molecule has 0 amide bonds. The van der Waals surface area contributed by atoms with Crippen molar-refractivity contribution in [1.29, 1.82) is 0 Å². The van der Waals surface area contributed by atoms with Crippen LogP contribution in [0.5, 0.6) is 5.75 Å². The molecule has 0 aliphatic heterocycles. The number of rotatable bonds is 6. The predicted octanol–water partition coefficient (Wildman–Crippen LogP) is 2.78. The van der Waals surface area contributed by atoms with Gasteiger partial charge in [-0.2, -0.15) is 0 Å². The van der Waals surface area contributed by atoms with E-state index in [1.165, 1.54) is 0 Å². The van der Waals surface area contributed by atoms with Gasteiger partial charge in [-0.25, -0.2) is 13.4 Å². The number of alkyl halides is 1. The Balaban J connectivity index is 2.49. The van der Waals surface area contributed by atoms with Gasteiger partial charge in [0.15, 0.2) is 9.84 Å². The van der Waals surface area contributed by atoms with Gasteiger partial charge in [0.1, 0.15) is 11.6 Å². The van der Waals surface area contributed by atoms with Crippen LogP contribution in [0.4, 0.5) is 0 Å². The second-order valence-electron chi connectivity index (χ2n) is 4.83. The lowest BCUT2D eigenvalue weighted by atomic mass is 10.3. The van der Waals surface area contributed by atoms with Crippen LogP contribution in [0.3, 0.4) is 0 Å². The van der Waals surface area contributed by atoms with E-state index in [0.29, 0.717) is 18.1 Å². The van der Waals surface area contributed by atoms with Crippen LogP contribution < -0.4 is 4.74 Å². The smallest absolute Gasteiger partial charge is 0.151 e. The van der Waals surface area contributed by atoms with Gasteiger partial charge in [-0.05, 0) is 19.1 Å². The molecule has 0 fully saturated rings. The van der Waals surface area contributed by atoms with Crippen molar-refractivity contribution < 1.29 is 13.2 Å². The second kappa shape index (κ2) is 6.23. The molecule has 1 heterocycles. The summed E-state index contributed by atoms with van der Waals surface area (Å²) < 4.78 is 30.6. The van der Waals surface area contributed by atoms with Crippen LogP contribution in [0.1, 0.15) is 25.0 Å². The number of methoxy groups -OCH3 is 1. The standard InChI is InChI=1S/C14H19ClN2O3S/c1-4-21(18,19)8-7-17-13-9-11(20-3)5-6-12(13)16-14(17)10(2)15/h5-6,9-10H,4,7-8H2,1-3H3.